The van der Waals surface area contributed by atoms with Gasteiger partial charge in [-0.15, -0.1) is 0 Å². The molecule has 0 amide bonds. The Labute approximate surface area is 93.9 Å². The van der Waals surface area contributed by atoms with Crippen LogP contribution in [0.2, 0.25) is 5.15 Å². The van der Waals surface area contributed by atoms with Crippen LogP contribution in [0.25, 0.3) is 11.0 Å². The lowest BCUT2D eigenvalue weighted by atomic mass is 10.4. The number of aromatic nitrogens is 3. The first-order valence-corrected chi connectivity index (χ1v) is 4.90. The molecule has 0 aliphatic carbocycles. The minimum atomic E-state index is -4.47. The van der Waals surface area contributed by atoms with Crippen molar-refractivity contribution in [3.8, 4) is 0 Å². The highest BCUT2D eigenvalue weighted by atomic mass is 35.5. The third kappa shape index (κ3) is 1.73. The van der Waals surface area contributed by atoms with E-state index in [9.17, 15) is 13.2 Å². The van der Waals surface area contributed by atoms with Crippen LogP contribution in [0, 0.1) is 0 Å². The highest BCUT2D eigenvalue weighted by molar-refractivity contribution is 6.29. The number of halogens is 4. The Morgan fingerprint density at radius 1 is 1.44 bits per heavy atom. The summed E-state index contributed by atoms with van der Waals surface area (Å²) in [5.74, 6) is -0.922. The summed E-state index contributed by atoms with van der Waals surface area (Å²) in [6.07, 6.45) is -3.24. The average molecular weight is 250 g/mol. The third-order valence-electron chi connectivity index (χ3n) is 2.17. The van der Waals surface area contributed by atoms with Crippen LogP contribution in [0.15, 0.2) is 12.3 Å². The van der Waals surface area contributed by atoms with E-state index in [1.807, 2.05) is 0 Å². The molecular formula is C9H7ClF3N3. The number of hydrogen-bond donors (Lipinski definition) is 0. The van der Waals surface area contributed by atoms with Crippen molar-refractivity contribution in [1.82, 2.24) is 14.5 Å². The second kappa shape index (κ2) is 3.62. The summed E-state index contributed by atoms with van der Waals surface area (Å²) in [5, 5.41) is 0.149. The predicted octanol–water partition coefficient (Wildman–Crippen LogP) is 3.12. The lowest BCUT2D eigenvalue weighted by molar-refractivity contribution is -0.146. The maximum absolute atomic E-state index is 12.6. The maximum atomic E-state index is 12.6. The Bertz CT molecular complexity index is 533. The number of alkyl halides is 3. The van der Waals surface area contributed by atoms with Gasteiger partial charge in [-0.2, -0.15) is 13.2 Å². The van der Waals surface area contributed by atoms with E-state index in [-0.39, 0.29) is 17.2 Å². The second-order valence-corrected chi connectivity index (χ2v) is 3.56. The Kier molecular flexibility index (Phi) is 2.53. The zero-order chi connectivity index (χ0) is 11.9. The molecule has 0 saturated carbocycles. The predicted molar refractivity (Wildman–Crippen MR) is 53.2 cm³/mol. The van der Waals surface area contributed by atoms with Crippen molar-refractivity contribution in [1.29, 1.82) is 0 Å². The van der Waals surface area contributed by atoms with E-state index in [1.54, 1.807) is 6.92 Å². The van der Waals surface area contributed by atoms with Gasteiger partial charge in [-0.1, -0.05) is 11.6 Å². The van der Waals surface area contributed by atoms with E-state index in [2.05, 4.69) is 9.97 Å². The van der Waals surface area contributed by atoms with Crippen LogP contribution in [0.4, 0.5) is 13.2 Å². The Morgan fingerprint density at radius 2 is 2.12 bits per heavy atom. The first kappa shape index (κ1) is 11.2. The van der Waals surface area contributed by atoms with Gasteiger partial charge in [-0.3, -0.25) is 0 Å². The molecule has 7 heteroatoms. The molecule has 0 unspecified atom stereocenters. The Morgan fingerprint density at radius 3 is 2.69 bits per heavy atom. The highest BCUT2D eigenvalue weighted by Gasteiger charge is 2.37. The summed E-state index contributed by atoms with van der Waals surface area (Å²) in [4.78, 5) is 7.21. The number of imidazole rings is 1. The monoisotopic (exact) mass is 249 g/mol. The summed E-state index contributed by atoms with van der Waals surface area (Å²) in [5.41, 5.74) is 0.536. The molecule has 0 bridgehead atoms. The zero-order valence-corrected chi connectivity index (χ0v) is 8.97. The minimum Gasteiger partial charge on any atom is -0.321 e. The van der Waals surface area contributed by atoms with Crippen LogP contribution in [0.5, 0.6) is 0 Å². The molecule has 0 N–H and O–H groups in total. The lowest BCUT2D eigenvalue weighted by Gasteiger charge is -2.08. The molecule has 0 spiro atoms. The molecule has 2 aromatic rings. The van der Waals surface area contributed by atoms with Gasteiger partial charge in [0.2, 0.25) is 5.82 Å². The van der Waals surface area contributed by atoms with Crippen molar-refractivity contribution in [2.45, 2.75) is 19.6 Å². The fourth-order valence-corrected chi connectivity index (χ4v) is 1.69. The first-order valence-electron chi connectivity index (χ1n) is 4.52. The first-order chi connectivity index (χ1) is 7.43. The fraction of sp³-hybridized carbons (Fsp3) is 0.333. The average Bonchev–Trinajstić information content (AvgIpc) is 2.54. The van der Waals surface area contributed by atoms with Crippen LogP contribution >= 0.6 is 11.6 Å². The van der Waals surface area contributed by atoms with Crippen LogP contribution in [-0.4, -0.2) is 14.5 Å². The molecule has 16 heavy (non-hydrogen) atoms. The van der Waals surface area contributed by atoms with E-state index < -0.39 is 12.0 Å². The summed E-state index contributed by atoms with van der Waals surface area (Å²) < 4.78 is 39.0. The number of nitrogens with zero attached hydrogens (tertiary/aromatic N) is 3. The number of aryl methyl sites for hydroxylation is 1. The van der Waals surface area contributed by atoms with Crippen LogP contribution in [-0.2, 0) is 12.7 Å². The molecule has 0 saturated heterocycles. The van der Waals surface area contributed by atoms with Gasteiger partial charge in [0, 0.05) is 12.6 Å². The summed E-state index contributed by atoms with van der Waals surface area (Å²) >= 11 is 5.64. The number of rotatable bonds is 1. The number of hydrogen-bond acceptors (Lipinski definition) is 2. The second-order valence-electron chi connectivity index (χ2n) is 3.17. The van der Waals surface area contributed by atoms with Gasteiger partial charge in [0.1, 0.15) is 10.7 Å². The maximum Gasteiger partial charge on any atom is 0.449 e. The number of pyridine rings is 1. The van der Waals surface area contributed by atoms with Crippen molar-refractivity contribution in [2.75, 3.05) is 0 Å². The van der Waals surface area contributed by atoms with Crippen LogP contribution in [0.1, 0.15) is 12.7 Å². The summed E-state index contributed by atoms with van der Waals surface area (Å²) in [6, 6.07) is 1.38. The lowest BCUT2D eigenvalue weighted by Crippen LogP contribution is -2.14. The molecule has 3 nitrogen and oxygen atoms in total. The Balaban J connectivity index is 2.77. The highest BCUT2D eigenvalue weighted by Crippen LogP contribution is 2.31. The molecule has 2 heterocycles. The topological polar surface area (TPSA) is 30.7 Å². The largest absolute Gasteiger partial charge is 0.449 e. The van der Waals surface area contributed by atoms with E-state index in [1.165, 1.54) is 12.3 Å². The molecule has 0 aromatic carbocycles. The van der Waals surface area contributed by atoms with E-state index >= 15 is 0 Å². The molecule has 2 rings (SSSR count). The van der Waals surface area contributed by atoms with E-state index in [0.29, 0.717) is 5.52 Å². The van der Waals surface area contributed by atoms with Gasteiger partial charge in [0.05, 0.1) is 11.7 Å². The van der Waals surface area contributed by atoms with Crippen molar-refractivity contribution in [3.63, 3.8) is 0 Å². The smallest absolute Gasteiger partial charge is 0.321 e. The molecule has 2 aromatic heterocycles. The summed E-state index contributed by atoms with van der Waals surface area (Å²) in [6.45, 7) is 1.79. The normalized spacial score (nSPS) is 12.3. The van der Waals surface area contributed by atoms with Crippen LogP contribution in [0.3, 0.4) is 0 Å². The molecule has 0 fully saturated rings. The fourth-order valence-electron chi connectivity index (χ4n) is 1.54. The van der Waals surface area contributed by atoms with Crippen LogP contribution < -0.4 is 0 Å². The van der Waals surface area contributed by atoms with Gasteiger partial charge >= 0.3 is 6.18 Å². The van der Waals surface area contributed by atoms with Crippen molar-refractivity contribution < 1.29 is 13.2 Å². The van der Waals surface area contributed by atoms with Crippen molar-refractivity contribution in [2.24, 2.45) is 0 Å². The number of fused-ring (bicyclic) bond motifs is 1. The molecule has 86 valence electrons. The minimum absolute atomic E-state index is 0.149. The zero-order valence-electron chi connectivity index (χ0n) is 8.22. The quantitative estimate of drug-likeness (QED) is 0.727. The van der Waals surface area contributed by atoms with E-state index in [0.717, 1.165) is 4.57 Å². The summed E-state index contributed by atoms with van der Waals surface area (Å²) in [7, 11) is 0. The van der Waals surface area contributed by atoms with Gasteiger partial charge < -0.3 is 4.57 Å². The standard InChI is InChI=1S/C9H7ClF3N3/c1-2-16-6-3-7(10)14-4-5(6)15-8(16)9(11,12)13/h3-4H,2H2,1H3. The van der Waals surface area contributed by atoms with Gasteiger partial charge in [0.15, 0.2) is 0 Å². The molecule has 0 aliphatic heterocycles. The van der Waals surface area contributed by atoms with Gasteiger partial charge in [0.25, 0.3) is 0 Å². The van der Waals surface area contributed by atoms with Crippen molar-refractivity contribution >= 4 is 22.6 Å². The van der Waals surface area contributed by atoms with Crippen molar-refractivity contribution in [3.05, 3.63) is 23.2 Å². The molecule has 0 radical (unpaired) electrons. The SMILES string of the molecule is CCn1c(C(F)(F)F)nc2cnc(Cl)cc21. The van der Waals surface area contributed by atoms with E-state index in [4.69, 9.17) is 11.6 Å². The van der Waals surface area contributed by atoms with Gasteiger partial charge in [-0.25, -0.2) is 9.97 Å². The van der Waals surface area contributed by atoms with Gasteiger partial charge in [-0.05, 0) is 6.92 Å². The Hall–Kier alpha value is -1.30. The third-order valence-corrected chi connectivity index (χ3v) is 2.38. The molecule has 0 atom stereocenters. The molecular weight excluding hydrogens is 243 g/mol. The molecule has 0 aliphatic rings.